The van der Waals surface area contributed by atoms with Crippen LogP contribution in [0.2, 0.25) is 10.2 Å². The van der Waals surface area contributed by atoms with Gasteiger partial charge in [0, 0.05) is 6.20 Å². The van der Waals surface area contributed by atoms with Crippen molar-refractivity contribution in [3.05, 3.63) is 28.0 Å². The Bertz CT molecular complexity index is 527. The summed E-state index contributed by atoms with van der Waals surface area (Å²) in [4.78, 5) is 27.5. The Hall–Kier alpha value is -1.33. The number of ether oxygens (including phenoxy) is 1. The SMILES string of the molecule is C[C@H](NC(=O)c1cc(Cl)ncc1Cl)C(=O)OC(C)(C)C. The van der Waals surface area contributed by atoms with E-state index in [0.29, 0.717) is 0 Å². The van der Waals surface area contributed by atoms with Crippen LogP contribution in [0.25, 0.3) is 0 Å². The summed E-state index contributed by atoms with van der Waals surface area (Å²) in [5.41, 5.74) is -0.463. The van der Waals surface area contributed by atoms with E-state index in [2.05, 4.69) is 10.3 Å². The first-order valence-corrected chi connectivity index (χ1v) is 6.70. The molecule has 0 bridgehead atoms. The molecule has 110 valence electrons. The minimum Gasteiger partial charge on any atom is -0.458 e. The van der Waals surface area contributed by atoms with Crippen molar-refractivity contribution >= 4 is 35.1 Å². The molecule has 0 aliphatic heterocycles. The number of hydrogen-bond donors (Lipinski definition) is 1. The fraction of sp³-hybridized carbons (Fsp3) is 0.462. The number of nitrogens with zero attached hydrogens (tertiary/aromatic N) is 1. The molecule has 1 atom stereocenters. The summed E-state index contributed by atoms with van der Waals surface area (Å²) in [7, 11) is 0. The lowest BCUT2D eigenvalue weighted by molar-refractivity contribution is -0.156. The second-order valence-electron chi connectivity index (χ2n) is 5.22. The second-order valence-corrected chi connectivity index (χ2v) is 6.01. The Morgan fingerprint density at radius 3 is 2.50 bits per heavy atom. The lowest BCUT2D eigenvalue weighted by Gasteiger charge is -2.22. The van der Waals surface area contributed by atoms with Crippen molar-refractivity contribution in [2.75, 3.05) is 0 Å². The fourth-order valence-corrected chi connectivity index (χ4v) is 1.66. The lowest BCUT2D eigenvalue weighted by atomic mass is 10.2. The standard InChI is InChI=1S/C13H16Cl2N2O3/c1-7(12(19)20-13(2,3)4)17-11(18)8-5-10(15)16-6-9(8)14/h5-7H,1-4H3,(H,17,18)/t7-/m0/s1. The van der Waals surface area contributed by atoms with E-state index in [9.17, 15) is 9.59 Å². The van der Waals surface area contributed by atoms with Gasteiger partial charge in [-0.15, -0.1) is 0 Å². The number of esters is 1. The van der Waals surface area contributed by atoms with Crippen molar-refractivity contribution in [2.24, 2.45) is 0 Å². The van der Waals surface area contributed by atoms with Gasteiger partial charge in [0.15, 0.2) is 0 Å². The molecule has 7 heteroatoms. The van der Waals surface area contributed by atoms with Crippen molar-refractivity contribution in [1.82, 2.24) is 10.3 Å². The number of carbonyl (C=O) groups is 2. The molecule has 1 aromatic rings. The normalized spacial score (nSPS) is 12.7. The predicted octanol–water partition coefficient (Wildman–Crippen LogP) is 2.85. The van der Waals surface area contributed by atoms with Crippen molar-refractivity contribution in [3.63, 3.8) is 0 Å². The zero-order valence-electron chi connectivity index (χ0n) is 11.7. The van der Waals surface area contributed by atoms with E-state index in [1.54, 1.807) is 20.8 Å². The fourth-order valence-electron chi connectivity index (χ4n) is 1.31. The van der Waals surface area contributed by atoms with Crippen molar-refractivity contribution in [2.45, 2.75) is 39.3 Å². The molecule has 1 rings (SSSR count). The first-order chi connectivity index (χ1) is 9.10. The first-order valence-electron chi connectivity index (χ1n) is 5.95. The van der Waals surface area contributed by atoms with E-state index in [1.165, 1.54) is 19.2 Å². The Morgan fingerprint density at radius 1 is 1.35 bits per heavy atom. The van der Waals surface area contributed by atoms with Crippen molar-refractivity contribution < 1.29 is 14.3 Å². The number of pyridine rings is 1. The van der Waals surface area contributed by atoms with E-state index in [-0.39, 0.29) is 15.7 Å². The van der Waals surface area contributed by atoms with E-state index >= 15 is 0 Å². The lowest BCUT2D eigenvalue weighted by Crippen LogP contribution is -2.42. The molecule has 20 heavy (non-hydrogen) atoms. The Balaban J connectivity index is 2.75. The quantitative estimate of drug-likeness (QED) is 0.687. The minimum atomic E-state index is -0.801. The molecule has 1 aromatic heterocycles. The van der Waals surface area contributed by atoms with E-state index in [4.69, 9.17) is 27.9 Å². The molecule has 0 radical (unpaired) electrons. The van der Waals surface area contributed by atoms with Crippen LogP contribution >= 0.6 is 23.2 Å². The van der Waals surface area contributed by atoms with Crippen molar-refractivity contribution in [1.29, 1.82) is 0 Å². The average Bonchev–Trinajstić information content (AvgIpc) is 2.29. The number of amides is 1. The second kappa shape index (κ2) is 6.41. The zero-order valence-corrected chi connectivity index (χ0v) is 13.2. The number of nitrogens with one attached hydrogen (secondary N) is 1. The zero-order chi connectivity index (χ0) is 15.5. The highest BCUT2D eigenvalue weighted by Crippen LogP contribution is 2.18. The monoisotopic (exact) mass is 318 g/mol. The summed E-state index contributed by atoms with van der Waals surface area (Å²) in [6, 6.07) is 0.533. The maximum Gasteiger partial charge on any atom is 0.328 e. The maximum absolute atomic E-state index is 12.0. The summed E-state index contributed by atoms with van der Waals surface area (Å²) < 4.78 is 5.17. The molecule has 0 aliphatic rings. The molecule has 0 aromatic carbocycles. The van der Waals surface area contributed by atoms with Crippen LogP contribution in [0.5, 0.6) is 0 Å². The van der Waals surface area contributed by atoms with E-state index in [0.717, 1.165) is 0 Å². The van der Waals surface area contributed by atoms with Gasteiger partial charge < -0.3 is 10.1 Å². The van der Waals surface area contributed by atoms with Crippen LogP contribution in [-0.2, 0) is 9.53 Å². The molecule has 1 heterocycles. The topological polar surface area (TPSA) is 68.3 Å². The third-order valence-electron chi connectivity index (χ3n) is 2.17. The molecule has 0 spiro atoms. The Kier molecular flexibility index (Phi) is 5.36. The third kappa shape index (κ3) is 4.98. The number of aromatic nitrogens is 1. The van der Waals surface area contributed by atoms with Gasteiger partial charge in [0.2, 0.25) is 0 Å². The molecular weight excluding hydrogens is 303 g/mol. The third-order valence-corrected chi connectivity index (χ3v) is 2.68. The molecule has 1 amide bonds. The van der Waals surface area contributed by atoms with Gasteiger partial charge in [0.05, 0.1) is 10.6 Å². The number of carbonyl (C=O) groups excluding carboxylic acids is 2. The van der Waals surface area contributed by atoms with E-state index < -0.39 is 23.5 Å². The number of rotatable bonds is 3. The molecule has 1 N–H and O–H groups in total. The molecule has 0 saturated heterocycles. The molecule has 0 saturated carbocycles. The highest BCUT2D eigenvalue weighted by Gasteiger charge is 2.24. The van der Waals surface area contributed by atoms with Gasteiger partial charge in [-0.05, 0) is 33.8 Å². The highest BCUT2D eigenvalue weighted by molar-refractivity contribution is 6.35. The van der Waals surface area contributed by atoms with Gasteiger partial charge in [-0.3, -0.25) is 4.79 Å². The van der Waals surface area contributed by atoms with Crippen LogP contribution in [0.3, 0.4) is 0 Å². The maximum atomic E-state index is 12.0. The summed E-state index contributed by atoms with van der Waals surface area (Å²) >= 11 is 11.6. The smallest absolute Gasteiger partial charge is 0.328 e. The van der Waals surface area contributed by atoms with Gasteiger partial charge in [-0.1, -0.05) is 23.2 Å². The van der Waals surface area contributed by atoms with Gasteiger partial charge in [-0.25, -0.2) is 9.78 Å². The van der Waals surface area contributed by atoms with Crippen LogP contribution in [0.4, 0.5) is 0 Å². The van der Waals surface area contributed by atoms with Crippen LogP contribution in [0.15, 0.2) is 12.3 Å². The van der Waals surface area contributed by atoms with Gasteiger partial charge in [0.1, 0.15) is 16.8 Å². The number of halogens is 2. The minimum absolute atomic E-state index is 0.143. The summed E-state index contributed by atoms with van der Waals surface area (Å²) in [5, 5.41) is 2.80. The van der Waals surface area contributed by atoms with Crippen molar-refractivity contribution in [3.8, 4) is 0 Å². The summed E-state index contributed by atoms with van der Waals surface area (Å²) in [5.74, 6) is -1.04. The molecule has 5 nitrogen and oxygen atoms in total. The number of hydrogen-bond acceptors (Lipinski definition) is 4. The largest absolute Gasteiger partial charge is 0.458 e. The van der Waals surface area contributed by atoms with Crippen LogP contribution in [0.1, 0.15) is 38.1 Å². The predicted molar refractivity (Wildman–Crippen MR) is 77.0 cm³/mol. The van der Waals surface area contributed by atoms with Crippen LogP contribution in [-0.4, -0.2) is 28.5 Å². The molecule has 0 fully saturated rings. The van der Waals surface area contributed by atoms with Crippen LogP contribution in [0, 0.1) is 0 Å². The average molecular weight is 319 g/mol. The highest BCUT2D eigenvalue weighted by atomic mass is 35.5. The molecule has 0 unspecified atom stereocenters. The van der Waals surface area contributed by atoms with Crippen LogP contribution < -0.4 is 5.32 Å². The van der Waals surface area contributed by atoms with E-state index in [1.807, 2.05) is 0 Å². The van der Waals surface area contributed by atoms with Gasteiger partial charge in [0.25, 0.3) is 5.91 Å². The van der Waals surface area contributed by atoms with Gasteiger partial charge >= 0.3 is 5.97 Å². The molecule has 0 aliphatic carbocycles. The first kappa shape index (κ1) is 16.7. The van der Waals surface area contributed by atoms with Gasteiger partial charge in [-0.2, -0.15) is 0 Å². The Morgan fingerprint density at radius 2 is 1.95 bits per heavy atom. The Labute approximate surface area is 127 Å². The summed E-state index contributed by atoms with van der Waals surface area (Å²) in [6.45, 7) is 6.78. The summed E-state index contributed by atoms with van der Waals surface area (Å²) in [6.07, 6.45) is 1.27. The molecular formula is C13H16Cl2N2O3.